The van der Waals surface area contributed by atoms with Crippen LogP contribution < -0.4 is 9.47 Å². The van der Waals surface area contributed by atoms with Gasteiger partial charge in [0.25, 0.3) is 0 Å². The number of halogens is 1. The molecule has 1 aliphatic rings. The van der Waals surface area contributed by atoms with Crippen LogP contribution in [0.25, 0.3) is 11.6 Å². The minimum absolute atomic E-state index is 0.490. The summed E-state index contributed by atoms with van der Waals surface area (Å²) < 4.78 is 13.9. The number of aromatic nitrogens is 3. The highest BCUT2D eigenvalue weighted by atomic mass is 79.9. The molecule has 0 aliphatic carbocycles. The van der Waals surface area contributed by atoms with Gasteiger partial charge in [-0.2, -0.15) is 5.26 Å². The number of allylic oxidation sites excluding steroid dienone is 1. The predicted octanol–water partition coefficient (Wildman–Crippen LogP) is 4.24. The number of benzene rings is 1. The second-order valence-corrected chi connectivity index (χ2v) is 6.89. The minimum atomic E-state index is 0.490. The van der Waals surface area contributed by atoms with E-state index < -0.39 is 0 Å². The molecular formula is C19H21BrN4O2. The average molecular weight is 417 g/mol. The highest BCUT2D eigenvalue weighted by Crippen LogP contribution is 2.37. The summed E-state index contributed by atoms with van der Waals surface area (Å²) in [6.45, 7) is 3.32. The molecule has 0 radical (unpaired) electrons. The summed E-state index contributed by atoms with van der Waals surface area (Å²) in [6.07, 6.45) is 6.10. The fourth-order valence-corrected chi connectivity index (χ4v) is 3.68. The van der Waals surface area contributed by atoms with Crippen LogP contribution >= 0.6 is 15.9 Å². The van der Waals surface area contributed by atoms with E-state index in [4.69, 9.17) is 9.47 Å². The van der Waals surface area contributed by atoms with E-state index in [0.717, 1.165) is 41.7 Å². The zero-order chi connectivity index (χ0) is 18.5. The summed E-state index contributed by atoms with van der Waals surface area (Å²) in [5.74, 6) is 2.87. The van der Waals surface area contributed by atoms with E-state index in [1.807, 2.05) is 25.1 Å². The molecule has 2 heterocycles. The molecule has 6 nitrogen and oxygen atoms in total. The number of fused-ring (bicyclic) bond motifs is 1. The quantitative estimate of drug-likeness (QED) is 0.681. The molecule has 0 fully saturated rings. The van der Waals surface area contributed by atoms with Gasteiger partial charge in [0.05, 0.1) is 23.8 Å². The van der Waals surface area contributed by atoms with E-state index in [1.54, 1.807) is 7.11 Å². The van der Waals surface area contributed by atoms with Gasteiger partial charge < -0.3 is 14.0 Å². The van der Waals surface area contributed by atoms with Gasteiger partial charge in [-0.05, 0) is 59.5 Å². The Balaban J connectivity index is 2.02. The van der Waals surface area contributed by atoms with Gasteiger partial charge >= 0.3 is 0 Å². The van der Waals surface area contributed by atoms with Crippen molar-refractivity contribution in [1.29, 1.82) is 5.26 Å². The highest BCUT2D eigenvalue weighted by molar-refractivity contribution is 9.10. The monoisotopic (exact) mass is 416 g/mol. The smallest absolute Gasteiger partial charge is 0.175 e. The second-order valence-electron chi connectivity index (χ2n) is 6.04. The summed E-state index contributed by atoms with van der Waals surface area (Å²) in [4.78, 5) is 0. The van der Waals surface area contributed by atoms with E-state index in [0.29, 0.717) is 29.5 Å². The average Bonchev–Trinajstić information content (AvgIpc) is 2.89. The largest absolute Gasteiger partial charge is 0.493 e. The van der Waals surface area contributed by atoms with Crippen LogP contribution in [0.3, 0.4) is 0 Å². The Morgan fingerprint density at radius 2 is 2.19 bits per heavy atom. The normalized spacial score (nSPS) is 14.3. The van der Waals surface area contributed by atoms with E-state index in [-0.39, 0.29) is 0 Å². The third-order valence-electron chi connectivity index (χ3n) is 4.32. The lowest BCUT2D eigenvalue weighted by molar-refractivity contribution is 0.309. The van der Waals surface area contributed by atoms with Crippen molar-refractivity contribution in [3.63, 3.8) is 0 Å². The van der Waals surface area contributed by atoms with Crippen molar-refractivity contribution in [3.8, 4) is 17.6 Å². The molecule has 2 aromatic rings. The maximum Gasteiger partial charge on any atom is 0.175 e. The summed E-state index contributed by atoms with van der Waals surface area (Å²) in [5, 5.41) is 18.3. The molecule has 26 heavy (non-hydrogen) atoms. The van der Waals surface area contributed by atoms with Crippen LogP contribution in [0.15, 0.2) is 16.6 Å². The number of methoxy groups -OCH3 is 1. The molecule has 0 amide bonds. The molecule has 3 rings (SSSR count). The summed E-state index contributed by atoms with van der Waals surface area (Å²) in [5.41, 5.74) is 1.32. The van der Waals surface area contributed by atoms with Crippen LogP contribution in [0.4, 0.5) is 0 Å². The number of nitriles is 1. The first-order chi connectivity index (χ1) is 12.7. The summed E-state index contributed by atoms with van der Waals surface area (Å²) in [7, 11) is 1.60. The number of hydrogen-bond donors (Lipinski definition) is 0. The third kappa shape index (κ3) is 3.75. The Kier molecular flexibility index (Phi) is 5.94. The molecule has 1 aromatic heterocycles. The first kappa shape index (κ1) is 18.5. The van der Waals surface area contributed by atoms with Gasteiger partial charge in [0.1, 0.15) is 11.9 Å². The van der Waals surface area contributed by atoms with Crippen molar-refractivity contribution in [3.05, 3.63) is 33.8 Å². The van der Waals surface area contributed by atoms with Crippen LogP contribution in [0.2, 0.25) is 0 Å². The van der Waals surface area contributed by atoms with Gasteiger partial charge in [-0.1, -0.05) is 6.42 Å². The topological polar surface area (TPSA) is 73.0 Å². The van der Waals surface area contributed by atoms with Crippen molar-refractivity contribution in [2.75, 3.05) is 13.7 Å². The SMILES string of the molecule is CCOc1c(Br)cc(/C=C(\C#N)c2nnc3n2CCCCC3)cc1OC. The second kappa shape index (κ2) is 8.37. The Labute approximate surface area is 161 Å². The molecule has 136 valence electrons. The first-order valence-corrected chi connectivity index (χ1v) is 9.51. The predicted molar refractivity (Wildman–Crippen MR) is 103 cm³/mol. The molecule has 0 bridgehead atoms. The van der Waals surface area contributed by atoms with Crippen LogP contribution in [-0.2, 0) is 13.0 Å². The Morgan fingerprint density at radius 1 is 1.35 bits per heavy atom. The molecule has 0 atom stereocenters. The lowest BCUT2D eigenvalue weighted by Gasteiger charge is -2.12. The molecule has 7 heteroatoms. The van der Waals surface area contributed by atoms with E-state index in [1.165, 1.54) is 6.42 Å². The van der Waals surface area contributed by atoms with Crippen LogP contribution in [0.5, 0.6) is 11.5 Å². The zero-order valence-electron chi connectivity index (χ0n) is 15.0. The third-order valence-corrected chi connectivity index (χ3v) is 4.91. The molecule has 1 aliphatic heterocycles. The molecule has 0 unspecified atom stereocenters. The fourth-order valence-electron chi connectivity index (χ4n) is 3.11. The Morgan fingerprint density at radius 3 is 2.92 bits per heavy atom. The summed E-state index contributed by atoms with van der Waals surface area (Å²) in [6, 6.07) is 6.03. The van der Waals surface area contributed by atoms with Gasteiger partial charge in [-0.15, -0.1) is 10.2 Å². The number of ether oxygens (including phenoxy) is 2. The fraction of sp³-hybridized carbons (Fsp3) is 0.421. The van der Waals surface area contributed by atoms with E-state index in [9.17, 15) is 5.26 Å². The first-order valence-electron chi connectivity index (χ1n) is 8.72. The van der Waals surface area contributed by atoms with Crippen LogP contribution in [0.1, 0.15) is 43.4 Å². The molecule has 1 aromatic carbocycles. The van der Waals surface area contributed by atoms with Gasteiger partial charge in [0, 0.05) is 13.0 Å². The number of aryl methyl sites for hydroxylation is 1. The lowest BCUT2D eigenvalue weighted by Crippen LogP contribution is -2.05. The van der Waals surface area contributed by atoms with Gasteiger partial charge in [0.2, 0.25) is 0 Å². The molecule has 0 spiro atoms. The Hall–Kier alpha value is -2.33. The number of nitrogens with zero attached hydrogens (tertiary/aromatic N) is 4. The standard InChI is InChI=1S/C19H21BrN4O2/c1-3-26-18-15(20)10-13(11-16(18)25-2)9-14(12-21)19-23-22-17-7-5-4-6-8-24(17)19/h9-11H,3-8H2,1-2H3/b14-9+. The van der Waals surface area contributed by atoms with Crippen LogP contribution in [-0.4, -0.2) is 28.5 Å². The van der Waals surface area contributed by atoms with Crippen LogP contribution in [0, 0.1) is 11.3 Å². The molecule has 0 saturated heterocycles. The van der Waals surface area contributed by atoms with Gasteiger partial charge in [-0.3, -0.25) is 0 Å². The lowest BCUT2D eigenvalue weighted by atomic mass is 10.1. The molecule has 0 N–H and O–H groups in total. The van der Waals surface area contributed by atoms with Crippen molar-refractivity contribution >= 4 is 27.6 Å². The minimum Gasteiger partial charge on any atom is -0.493 e. The maximum atomic E-state index is 9.70. The van der Waals surface area contributed by atoms with E-state index in [2.05, 4.69) is 36.8 Å². The van der Waals surface area contributed by atoms with Crippen molar-refractivity contribution in [2.24, 2.45) is 0 Å². The Bertz CT molecular complexity index is 867. The maximum absolute atomic E-state index is 9.70. The highest BCUT2D eigenvalue weighted by Gasteiger charge is 2.18. The van der Waals surface area contributed by atoms with Gasteiger partial charge in [-0.25, -0.2) is 0 Å². The van der Waals surface area contributed by atoms with Crippen molar-refractivity contribution in [2.45, 2.75) is 39.2 Å². The van der Waals surface area contributed by atoms with E-state index >= 15 is 0 Å². The molecular weight excluding hydrogens is 396 g/mol. The zero-order valence-corrected chi connectivity index (χ0v) is 16.5. The number of rotatable bonds is 5. The molecule has 0 saturated carbocycles. The number of hydrogen-bond acceptors (Lipinski definition) is 5. The van der Waals surface area contributed by atoms with Gasteiger partial charge in [0.15, 0.2) is 17.3 Å². The summed E-state index contributed by atoms with van der Waals surface area (Å²) >= 11 is 3.52. The van der Waals surface area contributed by atoms with Crippen molar-refractivity contribution in [1.82, 2.24) is 14.8 Å². The van der Waals surface area contributed by atoms with Crippen molar-refractivity contribution < 1.29 is 9.47 Å².